The summed E-state index contributed by atoms with van der Waals surface area (Å²) in [4.78, 5) is 37.6. The second-order valence-corrected chi connectivity index (χ2v) is 8.21. The zero-order valence-electron chi connectivity index (χ0n) is 19.0. The summed E-state index contributed by atoms with van der Waals surface area (Å²) in [6.45, 7) is 5.80. The molecule has 0 fully saturated rings. The minimum Gasteiger partial charge on any atom is -0.490 e. The molecule has 0 aromatic heterocycles. The van der Waals surface area contributed by atoms with Gasteiger partial charge in [-0.1, -0.05) is 43.6 Å². The highest BCUT2D eigenvalue weighted by molar-refractivity contribution is 6.31. The van der Waals surface area contributed by atoms with E-state index in [0.29, 0.717) is 17.1 Å². The van der Waals surface area contributed by atoms with Crippen molar-refractivity contribution >= 4 is 29.1 Å². The zero-order valence-corrected chi connectivity index (χ0v) is 19.8. The first-order valence-electron chi connectivity index (χ1n) is 10.4. The highest BCUT2D eigenvalue weighted by Gasteiger charge is 2.27. The smallest absolute Gasteiger partial charge is 0.311 e. The van der Waals surface area contributed by atoms with E-state index in [4.69, 9.17) is 21.1 Å². The van der Waals surface area contributed by atoms with Gasteiger partial charge >= 0.3 is 5.69 Å². The maximum Gasteiger partial charge on any atom is 0.311 e. The van der Waals surface area contributed by atoms with Gasteiger partial charge in [-0.3, -0.25) is 19.7 Å². The first-order chi connectivity index (χ1) is 15.6. The number of hydrogen-bond donors (Lipinski definition) is 1. The Kier molecular flexibility index (Phi) is 9.47. The molecule has 1 atom stereocenters. The number of nitro benzene ring substituents is 1. The molecule has 0 heterocycles. The van der Waals surface area contributed by atoms with Crippen LogP contribution in [0.4, 0.5) is 5.69 Å². The lowest BCUT2D eigenvalue weighted by Crippen LogP contribution is -2.49. The number of nitro groups is 1. The van der Waals surface area contributed by atoms with Crippen LogP contribution in [0.15, 0.2) is 42.5 Å². The molecule has 0 saturated carbocycles. The first kappa shape index (κ1) is 25.9. The van der Waals surface area contributed by atoms with Crippen LogP contribution in [0.5, 0.6) is 11.5 Å². The number of methoxy groups -OCH3 is 1. The van der Waals surface area contributed by atoms with Crippen molar-refractivity contribution in [1.82, 2.24) is 10.2 Å². The molecule has 178 valence electrons. The molecular formula is C23H28ClN3O6. The van der Waals surface area contributed by atoms with Crippen LogP contribution in [0.2, 0.25) is 5.02 Å². The Hall–Kier alpha value is -3.33. The average Bonchev–Trinajstić information content (AvgIpc) is 2.79. The molecule has 0 aliphatic carbocycles. The van der Waals surface area contributed by atoms with Crippen LogP contribution in [0, 0.1) is 16.0 Å². The van der Waals surface area contributed by atoms with Crippen molar-refractivity contribution in [3.63, 3.8) is 0 Å². The molecule has 9 nitrogen and oxygen atoms in total. The first-order valence-corrected chi connectivity index (χ1v) is 10.8. The Morgan fingerprint density at radius 2 is 1.88 bits per heavy atom. The third-order valence-electron chi connectivity index (χ3n) is 4.86. The second kappa shape index (κ2) is 12.1. The highest BCUT2D eigenvalue weighted by atomic mass is 35.5. The summed E-state index contributed by atoms with van der Waals surface area (Å²) >= 11 is 6.27. The Balaban J connectivity index is 2.19. The predicted octanol–water partition coefficient (Wildman–Crippen LogP) is 3.83. The van der Waals surface area contributed by atoms with Gasteiger partial charge in [0.2, 0.25) is 11.7 Å². The van der Waals surface area contributed by atoms with Crippen LogP contribution in [0.3, 0.4) is 0 Å². The summed E-state index contributed by atoms with van der Waals surface area (Å²) < 4.78 is 10.6. The zero-order chi connectivity index (χ0) is 24.5. The molecule has 2 aromatic rings. The number of benzene rings is 2. The van der Waals surface area contributed by atoms with Crippen LogP contribution in [0.1, 0.15) is 26.3 Å². The van der Waals surface area contributed by atoms with E-state index in [9.17, 15) is 19.7 Å². The minimum atomic E-state index is -0.775. The number of carbonyl (C=O) groups excluding carboxylic acids is 2. The largest absolute Gasteiger partial charge is 0.490 e. The predicted molar refractivity (Wildman–Crippen MR) is 124 cm³/mol. The van der Waals surface area contributed by atoms with Crippen molar-refractivity contribution < 1.29 is 24.0 Å². The lowest BCUT2D eigenvalue weighted by molar-refractivity contribution is -0.385. The van der Waals surface area contributed by atoms with Gasteiger partial charge in [-0.05, 0) is 30.5 Å². The van der Waals surface area contributed by atoms with E-state index < -0.39 is 16.9 Å². The van der Waals surface area contributed by atoms with Crippen molar-refractivity contribution in [1.29, 1.82) is 0 Å². The van der Waals surface area contributed by atoms with E-state index in [1.807, 2.05) is 13.8 Å². The molecule has 2 amide bonds. The van der Waals surface area contributed by atoms with Crippen LogP contribution in [-0.2, 0) is 16.1 Å². The third kappa shape index (κ3) is 7.35. The Bertz CT molecular complexity index is 998. The van der Waals surface area contributed by atoms with Crippen molar-refractivity contribution in [2.75, 3.05) is 20.3 Å². The number of nitrogens with one attached hydrogen (secondary N) is 1. The fourth-order valence-corrected chi connectivity index (χ4v) is 3.17. The molecular weight excluding hydrogens is 450 g/mol. The minimum absolute atomic E-state index is 0.0132. The quantitative estimate of drug-likeness (QED) is 0.389. The number of carbonyl (C=O) groups is 2. The van der Waals surface area contributed by atoms with E-state index in [-0.39, 0.29) is 42.2 Å². The van der Waals surface area contributed by atoms with Gasteiger partial charge in [0.05, 0.1) is 12.0 Å². The standard InChI is InChI=1S/C23H28ClN3O6/c1-15(2)12-25-23(29)16(3)26(13-17-7-5-6-8-19(17)24)22(28)14-33-18-9-10-20(27(30)31)21(11-18)32-4/h5-11,15-16H,12-14H2,1-4H3,(H,25,29). The molecule has 2 rings (SSSR count). The van der Waals surface area contributed by atoms with Gasteiger partial charge in [-0.15, -0.1) is 0 Å². The average molecular weight is 478 g/mol. The lowest BCUT2D eigenvalue weighted by atomic mass is 10.1. The Labute approximate surface area is 197 Å². The highest BCUT2D eigenvalue weighted by Crippen LogP contribution is 2.30. The summed E-state index contributed by atoms with van der Waals surface area (Å²) in [5, 5.41) is 14.4. The number of nitrogens with zero attached hydrogens (tertiary/aromatic N) is 2. The molecule has 33 heavy (non-hydrogen) atoms. The van der Waals surface area contributed by atoms with Crippen LogP contribution >= 0.6 is 11.6 Å². The maximum atomic E-state index is 13.1. The molecule has 0 spiro atoms. The van der Waals surface area contributed by atoms with Gasteiger partial charge in [0.1, 0.15) is 11.8 Å². The van der Waals surface area contributed by atoms with Gasteiger partial charge in [0, 0.05) is 30.2 Å². The molecule has 1 N–H and O–H groups in total. The summed E-state index contributed by atoms with van der Waals surface area (Å²) in [6.07, 6.45) is 0. The van der Waals surface area contributed by atoms with E-state index in [1.54, 1.807) is 31.2 Å². The molecule has 0 aliphatic heterocycles. The van der Waals surface area contributed by atoms with E-state index in [1.165, 1.54) is 30.2 Å². The number of halogens is 1. The number of ether oxygens (including phenoxy) is 2. The van der Waals surface area contributed by atoms with Gasteiger partial charge in [0.25, 0.3) is 5.91 Å². The Morgan fingerprint density at radius 1 is 1.18 bits per heavy atom. The van der Waals surface area contributed by atoms with Gasteiger partial charge in [-0.2, -0.15) is 0 Å². The van der Waals surface area contributed by atoms with Gasteiger partial charge in [0.15, 0.2) is 6.61 Å². The van der Waals surface area contributed by atoms with Gasteiger partial charge < -0.3 is 19.7 Å². The molecule has 0 saturated heterocycles. The van der Waals surface area contributed by atoms with E-state index in [0.717, 1.165) is 0 Å². The van der Waals surface area contributed by atoms with Crippen molar-refractivity contribution in [3.8, 4) is 11.5 Å². The van der Waals surface area contributed by atoms with Gasteiger partial charge in [-0.25, -0.2) is 0 Å². The number of rotatable bonds is 11. The number of hydrogen-bond acceptors (Lipinski definition) is 6. The van der Waals surface area contributed by atoms with Crippen LogP contribution < -0.4 is 14.8 Å². The summed E-state index contributed by atoms with van der Waals surface area (Å²) in [6, 6.07) is 10.2. The molecule has 0 aliphatic rings. The molecule has 0 radical (unpaired) electrons. The lowest BCUT2D eigenvalue weighted by Gasteiger charge is -2.29. The molecule has 1 unspecified atom stereocenters. The monoisotopic (exact) mass is 477 g/mol. The summed E-state index contributed by atoms with van der Waals surface area (Å²) in [7, 11) is 1.31. The normalized spacial score (nSPS) is 11.6. The number of amides is 2. The maximum absolute atomic E-state index is 13.1. The molecule has 2 aromatic carbocycles. The summed E-state index contributed by atoms with van der Waals surface area (Å²) in [5.74, 6) is -0.241. The molecule has 10 heteroatoms. The SMILES string of the molecule is COc1cc(OCC(=O)N(Cc2ccccc2Cl)C(C)C(=O)NCC(C)C)ccc1[N+](=O)[O-]. The van der Waals surface area contributed by atoms with E-state index in [2.05, 4.69) is 5.32 Å². The topological polar surface area (TPSA) is 111 Å². The van der Waals surface area contributed by atoms with Crippen LogP contribution in [0.25, 0.3) is 0 Å². The summed E-state index contributed by atoms with van der Waals surface area (Å²) in [5.41, 5.74) is 0.472. The van der Waals surface area contributed by atoms with Crippen molar-refractivity contribution in [3.05, 3.63) is 63.2 Å². The second-order valence-electron chi connectivity index (χ2n) is 7.81. The molecule has 0 bridgehead atoms. The van der Waals surface area contributed by atoms with E-state index >= 15 is 0 Å². The van der Waals surface area contributed by atoms with Crippen molar-refractivity contribution in [2.45, 2.75) is 33.4 Å². The fraction of sp³-hybridized carbons (Fsp3) is 0.391. The van der Waals surface area contributed by atoms with Crippen LogP contribution in [-0.4, -0.2) is 47.9 Å². The Morgan fingerprint density at radius 3 is 2.48 bits per heavy atom. The fourth-order valence-electron chi connectivity index (χ4n) is 2.97. The van der Waals surface area contributed by atoms with Crippen molar-refractivity contribution in [2.24, 2.45) is 5.92 Å². The third-order valence-corrected chi connectivity index (χ3v) is 5.23.